The smallest absolute Gasteiger partial charge is 0.330 e. The quantitative estimate of drug-likeness (QED) is 0.639. The molecule has 0 bridgehead atoms. The maximum absolute atomic E-state index is 5.32. The van der Waals surface area contributed by atoms with Gasteiger partial charge in [0.2, 0.25) is 0 Å². The largest absolute Gasteiger partial charge is 0.419 e. The Morgan fingerprint density at radius 3 is 2.50 bits per heavy atom. The van der Waals surface area contributed by atoms with E-state index in [9.17, 15) is 0 Å². The van der Waals surface area contributed by atoms with E-state index in [1.54, 1.807) is 0 Å². The second-order valence-electron chi connectivity index (χ2n) is 2.59. The number of rotatable bonds is 2. The van der Waals surface area contributed by atoms with Crippen molar-refractivity contribution < 1.29 is 8.23 Å². The lowest BCUT2D eigenvalue weighted by atomic mass is 10.2. The minimum absolute atomic E-state index is 0.532. The van der Waals surface area contributed by atoms with E-state index in [2.05, 4.69) is 23.9 Å². The average molecular weight is 194 g/mol. The van der Waals surface area contributed by atoms with E-state index in [0.717, 1.165) is 0 Å². The second-order valence-corrected chi connectivity index (χ2v) is 6.61. The molecule has 1 aromatic rings. The summed E-state index contributed by atoms with van der Waals surface area (Å²) >= 11 is 0. The van der Waals surface area contributed by atoms with Gasteiger partial charge in [0.1, 0.15) is 0 Å². The molecule has 0 N–H and O–H groups in total. The molecule has 12 heavy (non-hydrogen) atoms. The molecule has 2 rings (SSSR count). The van der Waals surface area contributed by atoms with Gasteiger partial charge in [-0.3, -0.25) is 0 Å². The molecule has 1 aliphatic heterocycles. The van der Waals surface area contributed by atoms with E-state index in [1.165, 1.54) is 5.56 Å². The molecule has 62 valence electrons. The molecular formula is C8H10O2Si2. The molecule has 0 amide bonds. The Morgan fingerprint density at radius 2 is 1.92 bits per heavy atom. The van der Waals surface area contributed by atoms with Crippen LogP contribution in [-0.2, 0) is 8.23 Å². The monoisotopic (exact) mass is 194 g/mol. The van der Waals surface area contributed by atoms with Crippen LogP contribution >= 0.6 is 0 Å². The van der Waals surface area contributed by atoms with E-state index in [-0.39, 0.29) is 0 Å². The average Bonchev–Trinajstić information content (AvgIpc) is 2.04. The molecule has 0 unspecified atom stereocenters. The molecule has 1 heterocycles. The Labute approximate surface area is 75.7 Å². The summed E-state index contributed by atoms with van der Waals surface area (Å²) in [5.74, 6) is 0. The molecule has 0 radical (unpaired) electrons. The van der Waals surface area contributed by atoms with Crippen molar-refractivity contribution in [1.29, 1.82) is 0 Å². The van der Waals surface area contributed by atoms with Crippen LogP contribution in [0.5, 0.6) is 0 Å². The zero-order chi connectivity index (χ0) is 8.23. The summed E-state index contributed by atoms with van der Waals surface area (Å²) in [7, 11) is -1.82. The third kappa shape index (κ3) is 1.92. The third-order valence-electron chi connectivity index (χ3n) is 1.71. The van der Waals surface area contributed by atoms with Crippen LogP contribution < -0.4 is 0 Å². The summed E-state index contributed by atoms with van der Waals surface area (Å²) in [5.41, 5.74) is 3.29. The van der Waals surface area contributed by atoms with Crippen LogP contribution in [0, 0.1) is 0 Å². The van der Waals surface area contributed by atoms with E-state index in [1.807, 2.05) is 18.2 Å². The highest BCUT2D eigenvalue weighted by Gasteiger charge is 2.17. The van der Waals surface area contributed by atoms with Gasteiger partial charge in [-0.2, -0.15) is 0 Å². The Bertz CT molecular complexity index is 270. The number of hydrogen-bond acceptors (Lipinski definition) is 2. The maximum Gasteiger partial charge on any atom is 0.330 e. The fourth-order valence-electron chi connectivity index (χ4n) is 1.01. The van der Waals surface area contributed by atoms with E-state index in [0.29, 0.717) is 0 Å². The first-order valence-corrected chi connectivity index (χ1v) is 6.68. The first kappa shape index (κ1) is 7.94. The van der Waals surface area contributed by atoms with Crippen LogP contribution in [0.25, 0.3) is 6.08 Å². The summed E-state index contributed by atoms with van der Waals surface area (Å²) in [6.45, 7) is 0. The van der Waals surface area contributed by atoms with Crippen molar-refractivity contribution in [2.75, 3.05) is 0 Å². The van der Waals surface area contributed by atoms with Crippen molar-refractivity contribution in [3.05, 3.63) is 41.6 Å². The first-order valence-electron chi connectivity index (χ1n) is 3.91. The van der Waals surface area contributed by atoms with Gasteiger partial charge in [-0.1, -0.05) is 36.4 Å². The van der Waals surface area contributed by atoms with Gasteiger partial charge in [-0.05, 0) is 11.3 Å². The van der Waals surface area contributed by atoms with Gasteiger partial charge in [0.05, 0.1) is 0 Å². The minimum Gasteiger partial charge on any atom is -0.419 e. The van der Waals surface area contributed by atoms with Crippen LogP contribution in [0.4, 0.5) is 0 Å². The molecule has 1 aromatic carbocycles. The Balaban J connectivity index is 1.98. The highest BCUT2D eigenvalue weighted by atomic mass is 28.4. The Kier molecular flexibility index (Phi) is 2.52. The Hall–Kier alpha value is -0.686. The second kappa shape index (κ2) is 3.82. The molecule has 1 saturated heterocycles. The summed E-state index contributed by atoms with van der Waals surface area (Å²) < 4.78 is 10.6. The zero-order valence-electron chi connectivity index (χ0n) is 6.64. The summed E-state index contributed by atoms with van der Waals surface area (Å²) in [6.07, 6.45) is 2.07. The van der Waals surface area contributed by atoms with Crippen LogP contribution in [0.2, 0.25) is 0 Å². The van der Waals surface area contributed by atoms with Crippen LogP contribution in [-0.4, -0.2) is 19.3 Å². The fraction of sp³-hybridized carbons (Fsp3) is 0. The molecule has 0 saturated carbocycles. The van der Waals surface area contributed by atoms with Gasteiger partial charge in [0.15, 0.2) is 0 Å². The number of benzene rings is 1. The molecule has 0 aliphatic carbocycles. The van der Waals surface area contributed by atoms with Gasteiger partial charge >= 0.3 is 9.28 Å². The van der Waals surface area contributed by atoms with Crippen LogP contribution in [0.15, 0.2) is 36.0 Å². The molecule has 0 aromatic heterocycles. The maximum atomic E-state index is 5.32. The molecule has 0 spiro atoms. The third-order valence-corrected chi connectivity index (χ3v) is 5.93. The highest BCUT2D eigenvalue weighted by molar-refractivity contribution is 6.68. The molecule has 1 aliphatic rings. The van der Waals surface area contributed by atoms with E-state index in [4.69, 9.17) is 8.23 Å². The van der Waals surface area contributed by atoms with E-state index >= 15 is 0 Å². The lowest BCUT2D eigenvalue weighted by molar-refractivity contribution is 0.326. The van der Waals surface area contributed by atoms with E-state index < -0.39 is 19.3 Å². The van der Waals surface area contributed by atoms with Gasteiger partial charge in [-0.25, -0.2) is 0 Å². The van der Waals surface area contributed by atoms with Crippen LogP contribution in [0.1, 0.15) is 5.56 Å². The lowest BCUT2D eigenvalue weighted by Gasteiger charge is -2.22. The van der Waals surface area contributed by atoms with Gasteiger partial charge in [-0.15, -0.1) is 0 Å². The topological polar surface area (TPSA) is 18.5 Å². The number of hydrogen-bond donors (Lipinski definition) is 0. The molecule has 4 heteroatoms. The van der Waals surface area contributed by atoms with Crippen molar-refractivity contribution in [3.8, 4) is 0 Å². The predicted octanol–water partition coefficient (Wildman–Crippen LogP) is 0.505. The predicted molar refractivity (Wildman–Crippen MR) is 53.3 cm³/mol. The van der Waals surface area contributed by atoms with Crippen molar-refractivity contribution in [2.24, 2.45) is 0 Å². The van der Waals surface area contributed by atoms with Crippen molar-refractivity contribution in [3.63, 3.8) is 0 Å². The molecule has 2 nitrogen and oxygen atoms in total. The zero-order valence-corrected chi connectivity index (χ0v) is 9.21. The van der Waals surface area contributed by atoms with Gasteiger partial charge in [0, 0.05) is 0 Å². The van der Waals surface area contributed by atoms with Crippen molar-refractivity contribution in [1.82, 2.24) is 0 Å². The molecular weight excluding hydrogens is 184 g/mol. The van der Waals surface area contributed by atoms with Crippen molar-refractivity contribution >= 4 is 25.4 Å². The molecule has 1 fully saturated rings. The SMILES string of the molecule is C(=C\[SiH]1O[SiH2]O1)/c1ccccc1. The lowest BCUT2D eigenvalue weighted by Crippen LogP contribution is -2.37. The van der Waals surface area contributed by atoms with Gasteiger partial charge in [0.25, 0.3) is 10.0 Å². The highest BCUT2D eigenvalue weighted by Crippen LogP contribution is 2.05. The van der Waals surface area contributed by atoms with Gasteiger partial charge < -0.3 is 8.23 Å². The minimum atomic E-state index is -1.29. The first-order chi connectivity index (χ1) is 5.95. The van der Waals surface area contributed by atoms with Crippen molar-refractivity contribution in [2.45, 2.75) is 0 Å². The molecule has 0 atom stereocenters. The standard InChI is InChI=1S/C8H10O2Si2/c1-2-4-8(5-3-1)6-7-12-9-11-10-12/h1-7,12H,11H2/b7-6+. The fourth-order valence-corrected chi connectivity index (χ4v) is 3.45. The van der Waals surface area contributed by atoms with Crippen LogP contribution in [0.3, 0.4) is 0 Å². The summed E-state index contributed by atoms with van der Waals surface area (Å²) in [6, 6.07) is 10.2. The Morgan fingerprint density at radius 1 is 1.17 bits per heavy atom. The normalized spacial score (nSPS) is 24.5. The summed E-state index contributed by atoms with van der Waals surface area (Å²) in [5, 5.41) is 0. The summed E-state index contributed by atoms with van der Waals surface area (Å²) in [4.78, 5) is 0.